The summed E-state index contributed by atoms with van der Waals surface area (Å²) >= 11 is 0. The maximum absolute atomic E-state index is 5.56. The summed E-state index contributed by atoms with van der Waals surface area (Å²) in [5, 5.41) is 0. The molecule has 6 heteroatoms. The third-order valence-corrected chi connectivity index (χ3v) is 2.82. The van der Waals surface area contributed by atoms with Gasteiger partial charge in [-0.3, -0.25) is 5.43 Å². The number of nitrogens with zero attached hydrogens (tertiary/aromatic N) is 2. The van der Waals surface area contributed by atoms with Gasteiger partial charge in [-0.1, -0.05) is 0 Å². The van der Waals surface area contributed by atoms with Crippen molar-refractivity contribution < 1.29 is 9.47 Å². The van der Waals surface area contributed by atoms with Gasteiger partial charge in [0.05, 0.1) is 5.69 Å². The molecular weight excluding hydrogens is 244 g/mol. The lowest BCUT2D eigenvalue weighted by Gasteiger charge is -2.18. The molecule has 0 atom stereocenters. The van der Waals surface area contributed by atoms with Gasteiger partial charge < -0.3 is 9.47 Å². The molecule has 0 spiro atoms. The van der Waals surface area contributed by atoms with Gasteiger partial charge in [-0.25, -0.2) is 15.8 Å². The van der Waals surface area contributed by atoms with E-state index in [1.54, 1.807) is 0 Å². The molecule has 1 aromatic heterocycles. The third kappa shape index (κ3) is 2.30. The number of nitrogens with one attached hydrogen (secondary N) is 1. The molecule has 1 aliphatic rings. The second-order valence-corrected chi connectivity index (χ2v) is 4.22. The summed E-state index contributed by atoms with van der Waals surface area (Å²) in [7, 11) is 0. The van der Waals surface area contributed by atoms with Crippen LogP contribution in [-0.4, -0.2) is 23.2 Å². The average Bonchev–Trinajstić information content (AvgIpc) is 2.46. The first-order valence-corrected chi connectivity index (χ1v) is 5.98. The van der Waals surface area contributed by atoms with Crippen molar-refractivity contribution in [3.05, 3.63) is 30.0 Å². The fourth-order valence-corrected chi connectivity index (χ4v) is 1.98. The number of fused-ring (bicyclic) bond motifs is 1. The monoisotopic (exact) mass is 258 g/mol. The topological polar surface area (TPSA) is 82.3 Å². The highest BCUT2D eigenvalue weighted by molar-refractivity contribution is 5.65. The molecular formula is C13H14N4O2. The molecule has 0 bridgehead atoms. The van der Waals surface area contributed by atoms with Crippen LogP contribution >= 0.6 is 0 Å². The minimum atomic E-state index is 0.393. The molecule has 3 rings (SSSR count). The van der Waals surface area contributed by atoms with Gasteiger partial charge in [0.2, 0.25) is 5.95 Å². The van der Waals surface area contributed by atoms with Crippen molar-refractivity contribution in [1.29, 1.82) is 0 Å². The Kier molecular flexibility index (Phi) is 2.92. The van der Waals surface area contributed by atoms with Crippen LogP contribution in [0.25, 0.3) is 11.3 Å². The van der Waals surface area contributed by atoms with E-state index >= 15 is 0 Å². The summed E-state index contributed by atoms with van der Waals surface area (Å²) in [6, 6.07) is 7.63. The number of ether oxygens (including phenoxy) is 2. The zero-order chi connectivity index (χ0) is 13.2. The molecule has 2 heterocycles. The molecule has 3 N–H and O–H groups in total. The summed E-state index contributed by atoms with van der Waals surface area (Å²) in [6.45, 7) is 3.04. The first-order chi connectivity index (χ1) is 9.26. The van der Waals surface area contributed by atoms with Gasteiger partial charge in [0.25, 0.3) is 0 Å². The summed E-state index contributed by atoms with van der Waals surface area (Å²) < 4.78 is 11.1. The van der Waals surface area contributed by atoms with Crippen molar-refractivity contribution in [2.24, 2.45) is 5.84 Å². The van der Waals surface area contributed by atoms with E-state index in [1.165, 1.54) is 0 Å². The maximum Gasteiger partial charge on any atom is 0.237 e. The Morgan fingerprint density at radius 3 is 2.68 bits per heavy atom. The van der Waals surface area contributed by atoms with Crippen LogP contribution in [0.3, 0.4) is 0 Å². The largest absolute Gasteiger partial charge is 0.486 e. The zero-order valence-corrected chi connectivity index (χ0v) is 10.5. The molecule has 6 nitrogen and oxygen atoms in total. The number of aryl methyl sites for hydroxylation is 1. The molecule has 2 aromatic rings. The van der Waals surface area contributed by atoms with Gasteiger partial charge in [-0.05, 0) is 31.2 Å². The number of rotatable bonds is 2. The Labute approximate surface area is 110 Å². The number of nitrogen functional groups attached to an aromatic ring is 1. The number of hydrazine groups is 1. The summed E-state index contributed by atoms with van der Waals surface area (Å²) in [4.78, 5) is 8.49. The second-order valence-electron chi connectivity index (χ2n) is 4.22. The standard InChI is InChI=1S/C13H14N4O2/c1-8-6-10(16-13(15-8)17-14)9-2-3-11-12(7-9)19-5-4-18-11/h2-3,6-7H,4-5,14H2,1H3,(H,15,16,17). The van der Waals surface area contributed by atoms with Crippen molar-refractivity contribution in [3.63, 3.8) is 0 Å². The maximum atomic E-state index is 5.56. The molecule has 0 fully saturated rings. The van der Waals surface area contributed by atoms with Gasteiger partial charge in [0.1, 0.15) is 13.2 Å². The third-order valence-electron chi connectivity index (χ3n) is 2.82. The van der Waals surface area contributed by atoms with Crippen molar-refractivity contribution in [2.45, 2.75) is 6.92 Å². The van der Waals surface area contributed by atoms with E-state index in [0.717, 1.165) is 28.5 Å². The van der Waals surface area contributed by atoms with Crippen molar-refractivity contribution >= 4 is 5.95 Å². The first-order valence-electron chi connectivity index (χ1n) is 5.98. The number of hydrogen-bond donors (Lipinski definition) is 2. The van der Waals surface area contributed by atoms with Crippen LogP contribution in [0.2, 0.25) is 0 Å². The minimum absolute atomic E-state index is 0.393. The first kappa shape index (κ1) is 11.7. The number of benzene rings is 1. The molecule has 0 unspecified atom stereocenters. The summed E-state index contributed by atoms with van der Waals surface area (Å²) in [5.74, 6) is 7.25. The quantitative estimate of drug-likeness (QED) is 0.627. The smallest absolute Gasteiger partial charge is 0.237 e. The van der Waals surface area contributed by atoms with E-state index in [0.29, 0.717) is 19.2 Å². The summed E-state index contributed by atoms with van der Waals surface area (Å²) in [6.07, 6.45) is 0. The molecule has 1 aromatic carbocycles. The molecule has 0 saturated carbocycles. The van der Waals surface area contributed by atoms with E-state index < -0.39 is 0 Å². The van der Waals surface area contributed by atoms with Gasteiger partial charge in [-0.15, -0.1) is 0 Å². The number of nitrogens with two attached hydrogens (primary N) is 1. The predicted molar refractivity (Wildman–Crippen MR) is 71.0 cm³/mol. The van der Waals surface area contributed by atoms with Crippen LogP contribution in [0.1, 0.15) is 5.69 Å². The van der Waals surface area contributed by atoms with E-state index in [4.69, 9.17) is 15.3 Å². The molecule has 98 valence electrons. The van der Waals surface area contributed by atoms with Crippen LogP contribution in [0.15, 0.2) is 24.3 Å². The van der Waals surface area contributed by atoms with Crippen molar-refractivity contribution in [2.75, 3.05) is 18.6 Å². The van der Waals surface area contributed by atoms with Crippen LogP contribution in [0.5, 0.6) is 11.5 Å². The van der Waals surface area contributed by atoms with Crippen LogP contribution < -0.4 is 20.7 Å². The Hall–Kier alpha value is -2.34. The SMILES string of the molecule is Cc1cc(-c2ccc3c(c2)OCCO3)nc(NN)n1. The average molecular weight is 258 g/mol. The second kappa shape index (κ2) is 4.74. The van der Waals surface area contributed by atoms with Crippen molar-refractivity contribution in [1.82, 2.24) is 9.97 Å². The van der Waals surface area contributed by atoms with Gasteiger partial charge in [0.15, 0.2) is 11.5 Å². The number of anilines is 1. The fraction of sp³-hybridized carbons (Fsp3) is 0.231. The highest BCUT2D eigenvalue weighted by atomic mass is 16.6. The van der Waals surface area contributed by atoms with Crippen molar-refractivity contribution in [3.8, 4) is 22.8 Å². The van der Waals surface area contributed by atoms with Crippen LogP contribution in [0, 0.1) is 6.92 Å². The Morgan fingerprint density at radius 2 is 1.89 bits per heavy atom. The number of hydrogen-bond acceptors (Lipinski definition) is 6. The molecule has 0 aliphatic carbocycles. The zero-order valence-electron chi connectivity index (χ0n) is 10.5. The highest BCUT2D eigenvalue weighted by Gasteiger charge is 2.13. The van der Waals surface area contributed by atoms with Gasteiger partial charge >= 0.3 is 0 Å². The highest BCUT2D eigenvalue weighted by Crippen LogP contribution is 2.34. The molecule has 0 radical (unpaired) electrons. The Balaban J connectivity index is 2.04. The summed E-state index contributed by atoms with van der Waals surface area (Å²) in [5.41, 5.74) is 5.03. The van der Waals surface area contributed by atoms with E-state index in [-0.39, 0.29) is 0 Å². The lowest BCUT2D eigenvalue weighted by Crippen LogP contribution is -2.15. The predicted octanol–water partition coefficient (Wildman–Crippen LogP) is 1.51. The van der Waals surface area contributed by atoms with Crippen LogP contribution in [0.4, 0.5) is 5.95 Å². The minimum Gasteiger partial charge on any atom is -0.486 e. The lowest BCUT2D eigenvalue weighted by atomic mass is 10.1. The molecule has 0 saturated heterocycles. The lowest BCUT2D eigenvalue weighted by molar-refractivity contribution is 0.171. The van der Waals surface area contributed by atoms with Gasteiger partial charge in [-0.2, -0.15) is 0 Å². The normalized spacial score (nSPS) is 13.2. The Morgan fingerprint density at radius 1 is 1.11 bits per heavy atom. The van der Waals surface area contributed by atoms with E-state index in [9.17, 15) is 0 Å². The molecule has 19 heavy (non-hydrogen) atoms. The van der Waals surface area contributed by atoms with E-state index in [2.05, 4.69) is 15.4 Å². The van der Waals surface area contributed by atoms with E-state index in [1.807, 2.05) is 31.2 Å². The number of aromatic nitrogens is 2. The molecule has 1 aliphatic heterocycles. The van der Waals surface area contributed by atoms with Gasteiger partial charge in [0, 0.05) is 11.3 Å². The fourth-order valence-electron chi connectivity index (χ4n) is 1.98. The van der Waals surface area contributed by atoms with Crippen LogP contribution in [-0.2, 0) is 0 Å². The Bertz CT molecular complexity index is 616. The molecule has 0 amide bonds.